The lowest BCUT2D eigenvalue weighted by molar-refractivity contribution is 0.0955. The quantitative estimate of drug-likeness (QED) is 0.109. The topological polar surface area (TPSA) is 55.6 Å². The molecule has 0 spiro atoms. The average Bonchev–Trinajstić information content (AvgIpc) is 3.35. The first kappa shape index (κ1) is 26.4. The number of carbonyl (C=O) groups excluding carboxylic acids is 1. The summed E-state index contributed by atoms with van der Waals surface area (Å²) in [6, 6.07) is 36.1. The maximum absolute atomic E-state index is 12.7. The Bertz CT molecular complexity index is 1610. The monoisotopic (exact) mass is 625 g/mol. The molecule has 0 saturated heterocycles. The number of ether oxygens (including phenoxy) is 1. The molecule has 1 heterocycles. The standard InChI is InChI=1S/C33H28IN3O2/c1-23-8-11-25(12-9-23)22-39-32-19-13-26(20-30(32)34)21-35-36-33(38)28-14-16-29(17-15-28)37-24(2)10-18-31(37)27-6-4-3-5-7-27/h3-21H,22H2,1-2H3,(H,36,38)/b35-21+. The molecular weight excluding hydrogens is 597 g/mol. The van der Waals surface area contributed by atoms with Gasteiger partial charge >= 0.3 is 0 Å². The van der Waals surface area contributed by atoms with Crippen molar-refractivity contribution in [2.45, 2.75) is 20.5 Å². The highest BCUT2D eigenvalue weighted by Gasteiger charge is 2.11. The van der Waals surface area contributed by atoms with Gasteiger partial charge in [0.1, 0.15) is 12.4 Å². The van der Waals surface area contributed by atoms with Crippen LogP contribution < -0.4 is 10.2 Å². The number of rotatable bonds is 8. The molecule has 0 saturated carbocycles. The first-order valence-electron chi connectivity index (χ1n) is 12.6. The summed E-state index contributed by atoms with van der Waals surface area (Å²) in [7, 11) is 0. The van der Waals surface area contributed by atoms with Gasteiger partial charge in [0.2, 0.25) is 0 Å². The molecule has 6 heteroatoms. The van der Waals surface area contributed by atoms with Crippen LogP contribution in [0.4, 0.5) is 0 Å². The van der Waals surface area contributed by atoms with Gasteiger partial charge in [-0.05, 0) is 108 Å². The van der Waals surface area contributed by atoms with Crippen LogP contribution in [0.25, 0.3) is 16.9 Å². The number of amides is 1. The lowest BCUT2D eigenvalue weighted by Gasteiger charge is -2.12. The molecule has 5 aromatic rings. The molecule has 4 aromatic carbocycles. The summed E-state index contributed by atoms with van der Waals surface area (Å²) in [4.78, 5) is 12.7. The van der Waals surface area contributed by atoms with E-state index >= 15 is 0 Å². The van der Waals surface area contributed by atoms with Crippen molar-refractivity contribution in [2.24, 2.45) is 5.10 Å². The van der Waals surface area contributed by atoms with Gasteiger partial charge in [-0.3, -0.25) is 4.79 Å². The maximum atomic E-state index is 12.7. The molecule has 0 fully saturated rings. The zero-order valence-electron chi connectivity index (χ0n) is 21.8. The van der Waals surface area contributed by atoms with E-state index in [2.05, 4.69) is 100 Å². The van der Waals surface area contributed by atoms with Crippen molar-refractivity contribution in [1.82, 2.24) is 9.99 Å². The molecule has 0 unspecified atom stereocenters. The fraction of sp³-hybridized carbons (Fsp3) is 0.0909. The molecule has 0 bridgehead atoms. The van der Waals surface area contributed by atoms with Crippen LogP contribution in [0.1, 0.15) is 32.7 Å². The number of hydrogen-bond acceptors (Lipinski definition) is 3. The molecule has 0 atom stereocenters. The predicted octanol–water partition coefficient (Wildman–Crippen LogP) is 7.71. The van der Waals surface area contributed by atoms with Gasteiger partial charge in [0.15, 0.2) is 0 Å². The van der Waals surface area contributed by atoms with E-state index in [1.807, 2.05) is 60.7 Å². The smallest absolute Gasteiger partial charge is 0.271 e. The van der Waals surface area contributed by atoms with Crippen molar-refractivity contribution in [3.8, 4) is 22.7 Å². The highest BCUT2D eigenvalue weighted by atomic mass is 127. The number of aryl methyl sites for hydroxylation is 2. The number of nitrogens with one attached hydrogen (secondary N) is 1. The van der Waals surface area contributed by atoms with Crippen molar-refractivity contribution in [3.05, 3.63) is 141 Å². The maximum Gasteiger partial charge on any atom is 0.271 e. The third-order valence-electron chi connectivity index (χ3n) is 6.38. The number of hydrazone groups is 1. The molecule has 1 amide bonds. The van der Waals surface area contributed by atoms with Crippen LogP contribution in [0.2, 0.25) is 0 Å². The summed E-state index contributed by atoms with van der Waals surface area (Å²) >= 11 is 2.25. The molecule has 194 valence electrons. The molecule has 0 aliphatic carbocycles. The van der Waals surface area contributed by atoms with Crippen LogP contribution in [0.3, 0.4) is 0 Å². The second-order valence-corrected chi connectivity index (χ2v) is 10.4. The Hall–Kier alpha value is -4.17. The fourth-order valence-corrected chi connectivity index (χ4v) is 4.96. The van der Waals surface area contributed by atoms with Crippen molar-refractivity contribution < 1.29 is 9.53 Å². The first-order chi connectivity index (χ1) is 19.0. The summed E-state index contributed by atoms with van der Waals surface area (Å²) < 4.78 is 9.13. The minimum absolute atomic E-state index is 0.266. The van der Waals surface area contributed by atoms with E-state index in [1.165, 1.54) is 5.56 Å². The Balaban J connectivity index is 1.20. The molecule has 5 rings (SSSR count). The summed E-state index contributed by atoms with van der Waals surface area (Å²) in [6.07, 6.45) is 1.63. The number of nitrogens with zero attached hydrogens (tertiary/aromatic N) is 2. The van der Waals surface area contributed by atoms with E-state index in [1.54, 1.807) is 6.21 Å². The van der Waals surface area contributed by atoms with Crippen LogP contribution in [0, 0.1) is 17.4 Å². The van der Waals surface area contributed by atoms with Crippen molar-refractivity contribution >= 4 is 34.7 Å². The van der Waals surface area contributed by atoms with E-state index in [0.29, 0.717) is 12.2 Å². The van der Waals surface area contributed by atoms with Gasteiger partial charge < -0.3 is 9.30 Å². The van der Waals surface area contributed by atoms with E-state index in [9.17, 15) is 4.79 Å². The number of hydrogen-bond donors (Lipinski definition) is 1. The summed E-state index contributed by atoms with van der Waals surface area (Å²) in [6.45, 7) is 4.65. The van der Waals surface area contributed by atoms with E-state index in [-0.39, 0.29) is 5.91 Å². The van der Waals surface area contributed by atoms with Gasteiger partial charge in [-0.2, -0.15) is 5.10 Å². The fourth-order valence-electron chi connectivity index (χ4n) is 4.27. The number of benzene rings is 4. The largest absolute Gasteiger partial charge is 0.488 e. The minimum Gasteiger partial charge on any atom is -0.488 e. The zero-order chi connectivity index (χ0) is 27.2. The zero-order valence-corrected chi connectivity index (χ0v) is 23.9. The van der Waals surface area contributed by atoms with Crippen LogP contribution in [-0.4, -0.2) is 16.7 Å². The van der Waals surface area contributed by atoms with Gasteiger partial charge in [0.05, 0.1) is 15.5 Å². The Labute approximate surface area is 242 Å². The second-order valence-electron chi connectivity index (χ2n) is 9.27. The molecule has 5 nitrogen and oxygen atoms in total. The number of aromatic nitrogens is 1. The highest BCUT2D eigenvalue weighted by Crippen LogP contribution is 2.26. The van der Waals surface area contributed by atoms with Crippen molar-refractivity contribution in [2.75, 3.05) is 0 Å². The third kappa shape index (κ3) is 6.46. The van der Waals surface area contributed by atoms with Gasteiger partial charge in [-0.15, -0.1) is 0 Å². The lowest BCUT2D eigenvalue weighted by Crippen LogP contribution is -2.17. The van der Waals surface area contributed by atoms with Crippen LogP contribution >= 0.6 is 22.6 Å². The number of carbonyl (C=O) groups is 1. The van der Waals surface area contributed by atoms with Crippen LogP contribution in [-0.2, 0) is 6.61 Å². The summed E-state index contributed by atoms with van der Waals surface area (Å²) in [5.41, 5.74) is 10.8. The van der Waals surface area contributed by atoms with E-state index in [4.69, 9.17) is 4.74 Å². The predicted molar refractivity (Wildman–Crippen MR) is 166 cm³/mol. The van der Waals surface area contributed by atoms with E-state index in [0.717, 1.165) is 43.1 Å². The molecule has 0 aliphatic rings. The highest BCUT2D eigenvalue weighted by molar-refractivity contribution is 14.1. The van der Waals surface area contributed by atoms with Gasteiger partial charge in [0.25, 0.3) is 5.91 Å². The Morgan fingerprint density at radius 2 is 1.64 bits per heavy atom. The molecule has 1 aromatic heterocycles. The second kappa shape index (κ2) is 12.1. The Morgan fingerprint density at radius 3 is 2.36 bits per heavy atom. The Morgan fingerprint density at radius 1 is 0.897 bits per heavy atom. The summed E-state index contributed by atoms with van der Waals surface area (Å²) in [5, 5.41) is 4.16. The molecule has 0 aliphatic heterocycles. The van der Waals surface area contributed by atoms with Crippen LogP contribution in [0.15, 0.2) is 114 Å². The van der Waals surface area contributed by atoms with Gasteiger partial charge in [-0.1, -0.05) is 60.2 Å². The molecule has 1 N–H and O–H groups in total. The molecule has 0 radical (unpaired) electrons. The van der Waals surface area contributed by atoms with Crippen molar-refractivity contribution in [1.29, 1.82) is 0 Å². The normalized spacial score (nSPS) is 11.1. The van der Waals surface area contributed by atoms with E-state index < -0.39 is 0 Å². The summed E-state index contributed by atoms with van der Waals surface area (Å²) in [5.74, 6) is 0.545. The SMILES string of the molecule is Cc1ccc(COc2ccc(/C=N/NC(=O)c3ccc(-n4c(C)ccc4-c4ccccc4)cc3)cc2I)cc1. The number of halogens is 1. The first-order valence-corrected chi connectivity index (χ1v) is 13.7. The molecular formula is C33H28IN3O2. The minimum atomic E-state index is -0.266. The van der Waals surface area contributed by atoms with Gasteiger partial charge in [0, 0.05) is 16.9 Å². The third-order valence-corrected chi connectivity index (χ3v) is 7.23. The molecule has 39 heavy (non-hydrogen) atoms. The lowest BCUT2D eigenvalue weighted by atomic mass is 10.1. The van der Waals surface area contributed by atoms with Crippen LogP contribution in [0.5, 0.6) is 5.75 Å². The average molecular weight is 626 g/mol. The van der Waals surface area contributed by atoms with Crippen molar-refractivity contribution in [3.63, 3.8) is 0 Å². The van der Waals surface area contributed by atoms with Gasteiger partial charge in [-0.25, -0.2) is 5.43 Å². The Kier molecular flexibility index (Phi) is 8.22.